The molecule has 0 radical (unpaired) electrons. The van der Waals surface area contributed by atoms with Crippen molar-refractivity contribution in [1.82, 2.24) is 15.5 Å². The number of rotatable bonds is 2. The first-order valence-electron chi connectivity index (χ1n) is 6.58. The van der Waals surface area contributed by atoms with E-state index in [-0.39, 0.29) is 6.03 Å². The fourth-order valence-corrected chi connectivity index (χ4v) is 2.99. The van der Waals surface area contributed by atoms with E-state index >= 15 is 0 Å². The molecule has 0 aromatic heterocycles. The zero-order valence-corrected chi connectivity index (χ0v) is 10.2. The number of nitrogens with zero attached hydrogens (tertiary/aromatic N) is 1. The van der Waals surface area contributed by atoms with Gasteiger partial charge in [-0.25, -0.2) is 4.79 Å². The maximum absolute atomic E-state index is 11.9. The van der Waals surface area contributed by atoms with Crippen molar-refractivity contribution in [3.8, 4) is 0 Å². The predicted octanol–water partition coefficient (Wildman–Crippen LogP) is 1.18. The number of urea groups is 1. The highest BCUT2D eigenvalue weighted by molar-refractivity contribution is 5.74. The molecule has 92 valence electrons. The molecule has 2 heterocycles. The fraction of sp³-hybridized carbons (Fsp3) is 0.917. The van der Waals surface area contributed by atoms with Gasteiger partial charge in [-0.2, -0.15) is 0 Å². The average molecular weight is 225 g/mol. The molecular formula is C12H23N3O. The number of carbonyl (C=O) groups is 1. The van der Waals surface area contributed by atoms with Crippen molar-refractivity contribution in [2.24, 2.45) is 5.92 Å². The molecule has 4 nitrogen and oxygen atoms in total. The molecule has 2 atom stereocenters. The maximum atomic E-state index is 11.9. The van der Waals surface area contributed by atoms with Gasteiger partial charge in [0, 0.05) is 19.1 Å². The molecule has 2 aliphatic rings. The van der Waals surface area contributed by atoms with Crippen LogP contribution in [0.3, 0.4) is 0 Å². The second kappa shape index (κ2) is 5.53. The van der Waals surface area contributed by atoms with Gasteiger partial charge in [0.05, 0.1) is 0 Å². The van der Waals surface area contributed by atoms with Crippen LogP contribution in [-0.2, 0) is 0 Å². The summed E-state index contributed by atoms with van der Waals surface area (Å²) < 4.78 is 0. The lowest BCUT2D eigenvalue weighted by atomic mass is 9.90. The second-order valence-corrected chi connectivity index (χ2v) is 4.84. The molecule has 2 fully saturated rings. The molecule has 2 amide bonds. The predicted molar refractivity (Wildman–Crippen MR) is 64.4 cm³/mol. The van der Waals surface area contributed by atoms with Gasteiger partial charge >= 0.3 is 6.03 Å². The van der Waals surface area contributed by atoms with E-state index < -0.39 is 0 Å². The van der Waals surface area contributed by atoms with E-state index in [0.29, 0.717) is 12.0 Å². The first-order valence-corrected chi connectivity index (χ1v) is 6.58. The van der Waals surface area contributed by atoms with Gasteiger partial charge in [0.2, 0.25) is 0 Å². The SMILES string of the molecule is CCNC(=O)N1CCCC1C1CCCNC1. The van der Waals surface area contributed by atoms with Gasteiger partial charge in [-0.15, -0.1) is 0 Å². The molecule has 2 unspecified atom stereocenters. The Balaban J connectivity index is 1.93. The topological polar surface area (TPSA) is 44.4 Å². The number of nitrogens with one attached hydrogen (secondary N) is 2. The number of piperidine rings is 1. The Bertz CT molecular complexity index is 238. The molecule has 2 N–H and O–H groups in total. The van der Waals surface area contributed by atoms with E-state index in [1.165, 1.54) is 19.3 Å². The number of carbonyl (C=O) groups excluding carboxylic acids is 1. The molecule has 2 rings (SSSR count). The molecule has 2 aliphatic heterocycles. The molecular weight excluding hydrogens is 202 g/mol. The Morgan fingerprint density at radius 3 is 3.00 bits per heavy atom. The van der Waals surface area contributed by atoms with Crippen LogP contribution in [-0.4, -0.2) is 43.2 Å². The van der Waals surface area contributed by atoms with Crippen molar-refractivity contribution in [2.75, 3.05) is 26.2 Å². The zero-order chi connectivity index (χ0) is 11.4. The standard InChI is InChI=1S/C12H23N3O/c1-2-14-12(16)15-8-4-6-11(15)10-5-3-7-13-9-10/h10-11,13H,2-9H2,1H3,(H,14,16). The first kappa shape index (κ1) is 11.7. The summed E-state index contributed by atoms with van der Waals surface area (Å²) in [4.78, 5) is 13.9. The minimum Gasteiger partial charge on any atom is -0.338 e. The van der Waals surface area contributed by atoms with E-state index in [2.05, 4.69) is 15.5 Å². The van der Waals surface area contributed by atoms with Crippen molar-refractivity contribution in [3.63, 3.8) is 0 Å². The van der Waals surface area contributed by atoms with Crippen LogP contribution in [0.2, 0.25) is 0 Å². The lowest BCUT2D eigenvalue weighted by Gasteiger charge is -2.34. The zero-order valence-electron chi connectivity index (χ0n) is 10.2. The van der Waals surface area contributed by atoms with Gasteiger partial charge in [-0.05, 0) is 51.6 Å². The van der Waals surface area contributed by atoms with Gasteiger partial charge < -0.3 is 15.5 Å². The Morgan fingerprint density at radius 1 is 1.44 bits per heavy atom. The normalized spacial score (nSPS) is 30.4. The third kappa shape index (κ3) is 2.48. The molecule has 16 heavy (non-hydrogen) atoms. The van der Waals surface area contributed by atoms with Crippen molar-refractivity contribution in [2.45, 2.75) is 38.6 Å². The summed E-state index contributed by atoms with van der Waals surface area (Å²) in [5.41, 5.74) is 0. The highest BCUT2D eigenvalue weighted by Crippen LogP contribution is 2.28. The summed E-state index contributed by atoms with van der Waals surface area (Å²) in [5, 5.41) is 6.37. The summed E-state index contributed by atoms with van der Waals surface area (Å²) in [6.45, 7) is 5.87. The second-order valence-electron chi connectivity index (χ2n) is 4.84. The summed E-state index contributed by atoms with van der Waals surface area (Å²) in [5.74, 6) is 0.666. The van der Waals surface area contributed by atoms with E-state index in [9.17, 15) is 4.79 Å². The smallest absolute Gasteiger partial charge is 0.317 e. The maximum Gasteiger partial charge on any atom is 0.317 e. The Morgan fingerprint density at radius 2 is 2.31 bits per heavy atom. The Labute approximate surface area is 97.8 Å². The third-order valence-electron chi connectivity index (χ3n) is 3.77. The molecule has 0 spiro atoms. The molecule has 0 aliphatic carbocycles. The lowest BCUT2D eigenvalue weighted by molar-refractivity contribution is 0.161. The van der Waals surface area contributed by atoms with Crippen LogP contribution in [0.4, 0.5) is 4.79 Å². The minimum atomic E-state index is 0.135. The van der Waals surface area contributed by atoms with Gasteiger partial charge in [-0.3, -0.25) is 0 Å². The van der Waals surface area contributed by atoms with E-state index in [4.69, 9.17) is 0 Å². The van der Waals surface area contributed by atoms with Gasteiger partial charge in [0.1, 0.15) is 0 Å². The molecule has 0 saturated carbocycles. The Hall–Kier alpha value is -0.770. The van der Waals surface area contributed by atoms with Crippen LogP contribution in [0.5, 0.6) is 0 Å². The van der Waals surface area contributed by atoms with Crippen molar-refractivity contribution in [1.29, 1.82) is 0 Å². The van der Waals surface area contributed by atoms with Crippen LogP contribution in [0.1, 0.15) is 32.6 Å². The van der Waals surface area contributed by atoms with Gasteiger partial charge in [0.25, 0.3) is 0 Å². The fourth-order valence-electron chi connectivity index (χ4n) is 2.99. The summed E-state index contributed by atoms with van der Waals surface area (Å²) in [6.07, 6.45) is 4.87. The number of amides is 2. The molecule has 0 bridgehead atoms. The van der Waals surface area contributed by atoms with Crippen LogP contribution >= 0.6 is 0 Å². The lowest BCUT2D eigenvalue weighted by Crippen LogP contribution is -2.48. The van der Waals surface area contributed by atoms with Gasteiger partial charge in [-0.1, -0.05) is 0 Å². The summed E-state index contributed by atoms with van der Waals surface area (Å²) in [7, 11) is 0. The van der Waals surface area contributed by atoms with Crippen molar-refractivity contribution < 1.29 is 4.79 Å². The summed E-state index contributed by atoms with van der Waals surface area (Å²) in [6, 6.07) is 0.606. The van der Waals surface area contributed by atoms with Crippen LogP contribution in [0, 0.1) is 5.92 Å². The highest BCUT2D eigenvalue weighted by atomic mass is 16.2. The first-order chi connectivity index (χ1) is 7.83. The minimum absolute atomic E-state index is 0.135. The molecule has 4 heteroatoms. The average Bonchev–Trinajstić information content (AvgIpc) is 2.79. The Kier molecular flexibility index (Phi) is 4.04. The monoisotopic (exact) mass is 225 g/mol. The van der Waals surface area contributed by atoms with Crippen molar-refractivity contribution in [3.05, 3.63) is 0 Å². The van der Waals surface area contributed by atoms with Gasteiger partial charge in [0.15, 0.2) is 0 Å². The van der Waals surface area contributed by atoms with E-state index in [0.717, 1.165) is 32.6 Å². The highest BCUT2D eigenvalue weighted by Gasteiger charge is 2.34. The molecule has 0 aromatic carbocycles. The van der Waals surface area contributed by atoms with E-state index in [1.807, 2.05) is 6.92 Å². The number of likely N-dealkylation sites (tertiary alicyclic amines) is 1. The third-order valence-corrected chi connectivity index (χ3v) is 3.77. The summed E-state index contributed by atoms with van der Waals surface area (Å²) >= 11 is 0. The van der Waals surface area contributed by atoms with Crippen LogP contribution in [0.25, 0.3) is 0 Å². The molecule has 0 aromatic rings. The quantitative estimate of drug-likeness (QED) is 0.741. The van der Waals surface area contributed by atoms with E-state index in [1.54, 1.807) is 0 Å². The largest absolute Gasteiger partial charge is 0.338 e. The number of hydrogen-bond donors (Lipinski definition) is 2. The molecule has 2 saturated heterocycles. The van der Waals surface area contributed by atoms with Crippen molar-refractivity contribution >= 4 is 6.03 Å². The van der Waals surface area contributed by atoms with Crippen LogP contribution < -0.4 is 10.6 Å². The van der Waals surface area contributed by atoms with Crippen LogP contribution in [0.15, 0.2) is 0 Å². The number of hydrogen-bond acceptors (Lipinski definition) is 2.